The fourth-order valence-electron chi connectivity index (χ4n) is 2.12. The largest absolute Gasteiger partial charge is 0.398 e. The highest BCUT2D eigenvalue weighted by molar-refractivity contribution is 7.81. The Morgan fingerprint density at radius 2 is 1.77 bits per heavy atom. The van der Waals surface area contributed by atoms with E-state index in [9.17, 15) is 4.79 Å². The Kier molecular flexibility index (Phi) is 4.87. The van der Waals surface area contributed by atoms with Crippen LogP contribution >= 0.6 is 12.2 Å². The lowest BCUT2D eigenvalue weighted by molar-refractivity contribution is -0.117. The van der Waals surface area contributed by atoms with E-state index < -0.39 is 12.2 Å². The standard InChI is InChI=1S/C16H16N2O3S/c17-13(19)8-11-2-1-3-12(14(11)18)15(22)9-4-6-10(7-5-9)16(20)21/h1-7,16,20-21H,8,18H2,(H2,17,19). The number of amides is 1. The molecule has 0 aliphatic carbocycles. The molecule has 2 rings (SSSR count). The second kappa shape index (κ2) is 6.65. The molecule has 22 heavy (non-hydrogen) atoms. The second-order valence-electron chi connectivity index (χ2n) is 4.85. The molecule has 0 heterocycles. The van der Waals surface area contributed by atoms with Gasteiger partial charge < -0.3 is 21.7 Å². The van der Waals surface area contributed by atoms with Crippen molar-refractivity contribution in [3.63, 3.8) is 0 Å². The molecule has 6 N–H and O–H groups in total. The van der Waals surface area contributed by atoms with E-state index in [1.54, 1.807) is 42.5 Å². The van der Waals surface area contributed by atoms with Gasteiger partial charge in [0.2, 0.25) is 5.91 Å². The van der Waals surface area contributed by atoms with Crippen LogP contribution in [-0.2, 0) is 11.2 Å². The van der Waals surface area contributed by atoms with Gasteiger partial charge in [0.1, 0.15) is 0 Å². The van der Waals surface area contributed by atoms with Gasteiger partial charge in [0.05, 0.1) is 11.3 Å². The Balaban J connectivity index is 2.35. The quantitative estimate of drug-likeness (QED) is 0.285. The van der Waals surface area contributed by atoms with Gasteiger partial charge in [-0.05, 0) is 11.1 Å². The first kappa shape index (κ1) is 16.1. The SMILES string of the molecule is NC(=O)Cc1cccc(C(=S)c2ccc(C(O)O)cc2)c1N. The first-order valence-corrected chi connectivity index (χ1v) is 6.97. The van der Waals surface area contributed by atoms with E-state index in [-0.39, 0.29) is 6.42 Å². The van der Waals surface area contributed by atoms with Crippen LogP contribution in [0.2, 0.25) is 0 Å². The summed E-state index contributed by atoms with van der Waals surface area (Å²) < 4.78 is 0. The van der Waals surface area contributed by atoms with Crippen LogP contribution in [0.5, 0.6) is 0 Å². The highest BCUT2D eigenvalue weighted by Crippen LogP contribution is 2.23. The minimum Gasteiger partial charge on any atom is -0.398 e. The molecular formula is C16H16N2O3S. The van der Waals surface area contributed by atoms with Crippen LogP contribution in [0.15, 0.2) is 42.5 Å². The van der Waals surface area contributed by atoms with Crippen molar-refractivity contribution in [3.8, 4) is 0 Å². The van der Waals surface area contributed by atoms with Crippen LogP contribution < -0.4 is 11.5 Å². The fourth-order valence-corrected chi connectivity index (χ4v) is 2.43. The summed E-state index contributed by atoms with van der Waals surface area (Å²) in [6.07, 6.45) is -1.47. The molecule has 0 aliphatic rings. The molecule has 0 saturated heterocycles. The highest BCUT2D eigenvalue weighted by Gasteiger charge is 2.13. The zero-order chi connectivity index (χ0) is 16.3. The molecule has 1 amide bonds. The lowest BCUT2D eigenvalue weighted by atomic mass is 9.98. The number of para-hydroxylation sites is 1. The number of aliphatic hydroxyl groups is 2. The van der Waals surface area contributed by atoms with Crippen molar-refractivity contribution < 1.29 is 15.0 Å². The summed E-state index contributed by atoms with van der Waals surface area (Å²) in [7, 11) is 0. The zero-order valence-corrected chi connectivity index (χ0v) is 12.5. The maximum Gasteiger partial charge on any atom is 0.221 e. The van der Waals surface area contributed by atoms with E-state index in [0.29, 0.717) is 27.2 Å². The van der Waals surface area contributed by atoms with Crippen molar-refractivity contribution in [1.29, 1.82) is 0 Å². The van der Waals surface area contributed by atoms with Gasteiger partial charge in [0.25, 0.3) is 0 Å². The summed E-state index contributed by atoms with van der Waals surface area (Å²) >= 11 is 5.44. The van der Waals surface area contributed by atoms with E-state index in [4.69, 9.17) is 33.9 Å². The third kappa shape index (κ3) is 3.48. The van der Waals surface area contributed by atoms with E-state index in [1.807, 2.05) is 0 Å². The molecule has 0 aliphatic heterocycles. The molecule has 0 radical (unpaired) electrons. The maximum absolute atomic E-state index is 11.1. The number of rotatable bonds is 5. The van der Waals surface area contributed by atoms with Gasteiger partial charge in [-0.15, -0.1) is 0 Å². The number of thiocarbonyl (C=S) groups is 1. The molecule has 2 aromatic carbocycles. The number of hydrogen-bond donors (Lipinski definition) is 4. The smallest absolute Gasteiger partial charge is 0.221 e. The predicted molar refractivity (Wildman–Crippen MR) is 88.2 cm³/mol. The van der Waals surface area contributed by atoms with Gasteiger partial charge in [0.15, 0.2) is 6.29 Å². The normalized spacial score (nSPS) is 10.7. The van der Waals surface area contributed by atoms with Crippen LogP contribution in [0.3, 0.4) is 0 Å². The Morgan fingerprint density at radius 1 is 1.14 bits per heavy atom. The number of carbonyl (C=O) groups excluding carboxylic acids is 1. The molecule has 0 fully saturated rings. The van der Waals surface area contributed by atoms with Crippen molar-refractivity contribution in [2.24, 2.45) is 5.73 Å². The first-order chi connectivity index (χ1) is 10.4. The van der Waals surface area contributed by atoms with E-state index >= 15 is 0 Å². The van der Waals surface area contributed by atoms with E-state index in [1.165, 1.54) is 0 Å². The molecule has 0 unspecified atom stereocenters. The maximum atomic E-state index is 11.1. The molecule has 0 aromatic heterocycles. The number of carbonyl (C=O) groups is 1. The summed E-state index contributed by atoms with van der Waals surface area (Å²) in [4.78, 5) is 11.6. The lowest BCUT2D eigenvalue weighted by Crippen LogP contribution is -2.16. The molecular weight excluding hydrogens is 300 g/mol. The highest BCUT2D eigenvalue weighted by atomic mass is 32.1. The molecule has 2 aromatic rings. The zero-order valence-electron chi connectivity index (χ0n) is 11.7. The van der Waals surface area contributed by atoms with Crippen LogP contribution in [0, 0.1) is 0 Å². The third-order valence-corrected chi connectivity index (χ3v) is 3.73. The molecule has 5 nitrogen and oxygen atoms in total. The minimum atomic E-state index is -1.52. The molecule has 6 heteroatoms. The number of nitrogens with two attached hydrogens (primary N) is 2. The van der Waals surface area contributed by atoms with Crippen molar-refractivity contribution in [2.75, 3.05) is 5.73 Å². The van der Waals surface area contributed by atoms with Crippen molar-refractivity contribution in [1.82, 2.24) is 0 Å². The van der Waals surface area contributed by atoms with E-state index in [2.05, 4.69) is 0 Å². The number of benzene rings is 2. The topological polar surface area (TPSA) is 110 Å². The summed E-state index contributed by atoms with van der Waals surface area (Å²) in [6, 6.07) is 11.8. The summed E-state index contributed by atoms with van der Waals surface area (Å²) in [5.74, 6) is -0.462. The van der Waals surface area contributed by atoms with Crippen molar-refractivity contribution >= 4 is 28.7 Å². The summed E-state index contributed by atoms with van der Waals surface area (Å²) in [5.41, 5.74) is 14.1. The number of aliphatic hydroxyl groups excluding tert-OH is 1. The Hall–Kier alpha value is -2.28. The average molecular weight is 316 g/mol. The first-order valence-electron chi connectivity index (χ1n) is 6.56. The molecule has 0 spiro atoms. The lowest BCUT2D eigenvalue weighted by Gasteiger charge is -2.12. The summed E-state index contributed by atoms with van der Waals surface area (Å²) in [5, 5.41) is 18.2. The van der Waals surface area contributed by atoms with Gasteiger partial charge >= 0.3 is 0 Å². The van der Waals surface area contributed by atoms with Gasteiger partial charge in [-0.25, -0.2) is 0 Å². The van der Waals surface area contributed by atoms with Gasteiger partial charge in [-0.3, -0.25) is 4.79 Å². The van der Waals surface area contributed by atoms with E-state index in [0.717, 1.165) is 5.56 Å². The van der Waals surface area contributed by atoms with Crippen LogP contribution in [0.1, 0.15) is 28.5 Å². The molecule has 0 atom stereocenters. The molecule has 0 bridgehead atoms. The van der Waals surface area contributed by atoms with Gasteiger partial charge in [0, 0.05) is 16.8 Å². The Bertz CT molecular complexity index is 712. The second-order valence-corrected chi connectivity index (χ2v) is 5.25. The average Bonchev–Trinajstić information content (AvgIpc) is 2.48. The Labute approximate surface area is 133 Å². The summed E-state index contributed by atoms with van der Waals surface area (Å²) in [6.45, 7) is 0. The third-order valence-electron chi connectivity index (χ3n) is 3.28. The fraction of sp³-hybridized carbons (Fsp3) is 0.125. The van der Waals surface area contributed by atoms with Crippen LogP contribution in [0.25, 0.3) is 0 Å². The van der Waals surface area contributed by atoms with Gasteiger partial charge in [-0.1, -0.05) is 54.7 Å². The van der Waals surface area contributed by atoms with Gasteiger partial charge in [-0.2, -0.15) is 0 Å². The number of anilines is 1. The number of primary amides is 1. The van der Waals surface area contributed by atoms with Crippen LogP contribution in [0.4, 0.5) is 5.69 Å². The Morgan fingerprint density at radius 3 is 2.32 bits per heavy atom. The predicted octanol–water partition coefficient (Wildman–Crippen LogP) is 1.05. The van der Waals surface area contributed by atoms with Crippen molar-refractivity contribution in [2.45, 2.75) is 12.7 Å². The molecule has 0 saturated carbocycles. The number of hydrogen-bond acceptors (Lipinski definition) is 5. The van der Waals surface area contributed by atoms with Crippen molar-refractivity contribution in [3.05, 3.63) is 64.7 Å². The molecule has 114 valence electrons. The number of nitrogen functional groups attached to an aromatic ring is 1. The minimum absolute atomic E-state index is 0.0535. The monoisotopic (exact) mass is 316 g/mol. The van der Waals surface area contributed by atoms with Crippen LogP contribution in [-0.4, -0.2) is 21.0 Å².